The molecule has 3 nitrogen and oxygen atoms in total. The van der Waals surface area contributed by atoms with Crippen molar-refractivity contribution < 1.29 is 5.11 Å². The monoisotopic (exact) mass is 194 g/mol. The second-order valence-electron chi connectivity index (χ2n) is 1.87. The summed E-state index contributed by atoms with van der Waals surface area (Å²) in [6, 6.07) is 1.59. The molecule has 11 heavy (non-hydrogen) atoms. The summed E-state index contributed by atoms with van der Waals surface area (Å²) in [5.74, 6) is 0.291. The first-order chi connectivity index (χ1) is 4.74. The molecule has 62 valence electrons. The van der Waals surface area contributed by atoms with Crippen molar-refractivity contribution >= 4 is 29.8 Å². The van der Waals surface area contributed by atoms with Crippen LogP contribution in [0.2, 0.25) is 5.02 Å². The molecule has 0 aromatic carbocycles. The Balaban J connectivity index is 0.000001000. The van der Waals surface area contributed by atoms with Crippen molar-refractivity contribution in [3.8, 4) is 0 Å². The smallest absolute Gasteiger partial charge is 0.142 e. The van der Waals surface area contributed by atoms with Crippen molar-refractivity contribution in [1.82, 2.24) is 4.98 Å². The van der Waals surface area contributed by atoms with Crippen LogP contribution in [0.25, 0.3) is 0 Å². The van der Waals surface area contributed by atoms with E-state index >= 15 is 0 Å². The molecule has 0 atom stereocenters. The Morgan fingerprint density at radius 3 is 2.73 bits per heavy atom. The normalized spacial score (nSPS) is 8.91. The van der Waals surface area contributed by atoms with Crippen LogP contribution in [-0.2, 0) is 6.61 Å². The van der Waals surface area contributed by atoms with E-state index in [4.69, 9.17) is 22.4 Å². The van der Waals surface area contributed by atoms with Gasteiger partial charge < -0.3 is 10.8 Å². The maximum absolute atomic E-state index is 8.61. The molecule has 0 fully saturated rings. The predicted molar refractivity (Wildman–Crippen MR) is 46.8 cm³/mol. The number of nitrogen functional groups attached to an aromatic ring is 1. The summed E-state index contributed by atoms with van der Waals surface area (Å²) in [4.78, 5) is 3.74. The minimum Gasteiger partial charge on any atom is -0.392 e. The number of hydrogen-bond acceptors (Lipinski definition) is 3. The van der Waals surface area contributed by atoms with Crippen LogP contribution in [0, 0.1) is 0 Å². The van der Waals surface area contributed by atoms with Crippen molar-refractivity contribution in [2.75, 3.05) is 5.73 Å². The Bertz CT molecular complexity index is 242. The molecule has 0 bridgehead atoms. The quantitative estimate of drug-likeness (QED) is 0.708. The number of hydrogen-bond donors (Lipinski definition) is 2. The number of nitrogens with zero attached hydrogens (tertiary/aromatic N) is 1. The van der Waals surface area contributed by atoms with E-state index in [0.717, 1.165) is 0 Å². The van der Waals surface area contributed by atoms with Gasteiger partial charge in [0.2, 0.25) is 0 Å². The summed E-state index contributed by atoms with van der Waals surface area (Å²) in [5.41, 5.74) is 5.98. The van der Waals surface area contributed by atoms with Gasteiger partial charge in [0.15, 0.2) is 0 Å². The first-order valence-corrected chi connectivity index (χ1v) is 3.12. The van der Waals surface area contributed by atoms with Crippen molar-refractivity contribution in [3.05, 3.63) is 22.8 Å². The largest absolute Gasteiger partial charge is 0.392 e. The first-order valence-electron chi connectivity index (χ1n) is 2.75. The molecule has 3 N–H and O–H groups in total. The average Bonchev–Trinajstić information content (AvgIpc) is 1.95. The fourth-order valence-electron chi connectivity index (χ4n) is 0.575. The number of halogens is 2. The molecule has 1 aromatic rings. The zero-order valence-corrected chi connectivity index (χ0v) is 7.19. The molecule has 0 saturated carbocycles. The average molecular weight is 195 g/mol. The predicted octanol–water partition coefficient (Wildman–Crippen LogP) is 1.23. The Morgan fingerprint density at radius 2 is 2.27 bits per heavy atom. The molecule has 1 heterocycles. The van der Waals surface area contributed by atoms with Crippen LogP contribution in [0.3, 0.4) is 0 Å². The standard InChI is InChI=1S/C6H7ClN2O.ClH/c7-5-1-4(3-10)2-9-6(5)8;/h1-2,10H,3H2,(H2,8,9);1H. The van der Waals surface area contributed by atoms with E-state index in [0.29, 0.717) is 16.4 Å². The molecule has 1 rings (SSSR count). The Labute approximate surface area is 75.6 Å². The van der Waals surface area contributed by atoms with E-state index in [1.807, 2.05) is 0 Å². The number of aliphatic hydroxyl groups excluding tert-OH is 1. The van der Waals surface area contributed by atoms with E-state index in [1.54, 1.807) is 6.07 Å². The number of aliphatic hydroxyl groups is 1. The minimum atomic E-state index is -0.0625. The molecule has 0 aliphatic carbocycles. The second kappa shape index (κ2) is 4.38. The molecular formula is C6H8Cl2N2O. The highest BCUT2D eigenvalue weighted by atomic mass is 35.5. The van der Waals surface area contributed by atoms with Crippen LogP contribution in [0.15, 0.2) is 12.3 Å². The molecule has 0 radical (unpaired) electrons. The third-order valence-corrected chi connectivity index (χ3v) is 1.41. The minimum absolute atomic E-state index is 0. The summed E-state index contributed by atoms with van der Waals surface area (Å²) in [5, 5.41) is 8.99. The highest BCUT2D eigenvalue weighted by Gasteiger charge is 1.97. The molecule has 0 aliphatic heterocycles. The van der Waals surface area contributed by atoms with Gasteiger partial charge in [0.1, 0.15) is 5.82 Å². The van der Waals surface area contributed by atoms with Gasteiger partial charge in [0.25, 0.3) is 0 Å². The molecule has 0 saturated heterocycles. The lowest BCUT2D eigenvalue weighted by Crippen LogP contribution is -1.93. The third-order valence-electron chi connectivity index (χ3n) is 1.11. The molecule has 1 aromatic heterocycles. The number of anilines is 1. The molecular weight excluding hydrogens is 187 g/mol. The summed E-state index contributed by atoms with van der Waals surface area (Å²) in [6.45, 7) is -0.0625. The van der Waals surface area contributed by atoms with Gasteiger partial charge in [-0.3, -0.25) is 0 Å². The Hall–Kier alpha value is -0.510. The van der Waals surface area contributed by atoms with Crippen LogP contribution in [0.4, 0.5) is 5.82 Å². The van der Waals surface area contributed by atoms with Crippen LogP contribution in [-0.4, -0.2) is 10.1 Å². The number of aromatic nitrogens is 1. The molecule has 0 unspecified atom stereocenters. The molecule has 5 heteroatoms. The number of rotatable bonds is 1. The lowest BCUT2D eigenvalue weighted by atomic mass is 10.3. The van der Waals surface area contributed by atoms with Gasteiger partial charge in [0, 0.05) is 6.20 Å². The van der Waals surface area contributed by atoms with E-state index in [2.05, 4.69) is 4.98 Å². The van der Waals surface area contributed by atoms with E-state index in [9.17, 15) is 0 Å². The highest BCUT2D eigenvalue weighted by molar-refractivity contribution is 6.32. The summed E-state index contributed by atoms with van der Waals surface area (Å²) < 4.78 is 0. The highest BCUT2D eigenvalue weighted by Crippen LogP contribution is 2.16. The maximum atomic E-state index is 8.61. The fraction of sp³-hybridized carbons (Fsp3) is 0.167. The topological polar surface area (TPSA) is 59.1 Å². The van der Waals surface area contributed by atoms with E-state index < -0.39 is 0 Å². The maximum Gasteiger partial charge on any atom is 0.142 e. The van der Waals surface area contributed by atoms with Crippen LogP contribution in [0.1, 0.15) is 5.56 Å². The van der Waals surface area contributed by atoms with Gasteiger partial charge >= 0.3 is 0 Å². The molecule has 0 amide bonds. The van der Waals surface area contributed by atoms with Crippen LogP contribution in [0.5, 0.6) is 0 Å². The molecule has 0 spiro atoms. The lowest BCUT2D eigenvalue weighted by Gasteiger charge is -1.97. The van der Waals surface area contributed by atoms with Crippen molar-refractivity contribution in [3.63, 3.8) is 0 Å². The third kappa shape index (κ3) is 2.54. The lowest BCUT2D eigenvalue weighted by molar-refractivity contribution is 0.281. The number of pyridine rings is 1. The van der Waals surface area contributed by atoms with Crippen LogP contribution < -0.4 is 5.73 Å². The second-order valence-corrected chi connectivity index (χ2v) is 2.28. The van der Waals surface area contributed by atoms with Crippen molar-refractivity contribution in [2.24, 2.45) is 0 Å². The SMILES string of the molecule is Cl.Nc1ncc(CO)cc1Cl. The number of nitrogens with two attached hydrogens (primary N) is 1. The van der Waals surface area contributed by atoms with Gasteiger partial charge in [-0.2, -0.15) is 0 Å². The van der Waals surface area contributed by atoms with Gasteiger partial charge in [-0.25, -0.2) is 4.98 Å². The Morgan fingerprint density at radius 1 is 1.64 bits per heavy atom. The van der Waals surface area contributed by atoms with Crippen molar-refractivity contribution in [2.45, 2.75) is 6.61 Å². The summed E-state index contributed by atoms with van der Waals surface area (Å²) in [7, 11) is 0. The summed E-state index contributed by atoms with van der Waals surface area (Å²) >= 11 is 5.59. The first kappa shape index (κ1) is 10.5. The fourth-order valence-corrected chi connectivity index (χ4v) is 0.764. The Kier molecular flexibility index (Phi) is 4.18. The van der Waals surface area contributed by atoms with Gasteiger partial charge in [-0.15, -0.1) is 12.4 Å². The zero-order valence-electron chi connectivity index (χ0n) is 5.62. The van der Waals surface area contributed by atoms with Crippen molar-refractivity contribution in [1.29, 1.82) is 0 Å². The molecule has 0 aliphatic rings. The zero-order chi connectivity index (χ0) is 7.56. The van der Waals surface area contributed by atoms with Gasteiger partial charge in [0.05, 0.1) is 11.6 Å². The van der Waals surface area contributed by atoms with Gasteiger partial charge in [-0.05, 0) is 11.6 Å². The van der Waals surface area contributed by atoms with E-state index in [1.165, 1.54) is 6.20 Å². The van der Waals surface area contributed by atoms with Gasteiger partial charge in [-0.1, -0.05) is 11.6 Å². The summed E-state index contributed by atoms with van der Waals surface area (Å²) in [6.07, 6.45) is 1.49. The van der Waals surface area contributed by atoms with E-state index in [-0.39, 0.29) is 19.0 Å². The van der Waals surface area contributed by atoms with Crippen LogP contribution >= 0.6 is 24.0 Å².